The van der Waals surface area contributed by atoms with Crippen LogP contribution in [0, 0.1) is 5.41 Å². The fourth-order valence-corrected chi connectivity index (χ4v) is 5.20. The Balaban J connectivity index is 1.69. The number of fused-ring (bicyclic) bond motifs is 1. The second kappa shape index (κ2) is 11.5. The smallest absolute Gasteiger partial charge is 0.407 e. The van der Waals surface area contributed by atoms with Gasteiger partial charge >= 0.3 is 6.09 Å². The minimum Gasteiger partial charge on any atom is -0.465 e. The van der Waals surface area contributed by atoms with Crippen molar-refractivity contribution in [1.29, 1.82) is 0 Å². The molecule has 182 valence electrons. The molecule has 1 N–H and O–H groups in total. The van der Waals surface area contributed by atoms with Crippen LogP contribution in [-0.4, -0.2) is 84.2 Å². The van der Waals surface area contributed by atoms with Gasteiger partial charge in [0, 0.05) is 69.9 Å². The molecule has 0 bridgehead atoms. The molecule has 32 heavy (non-hydrogen) atoms. The number of hydrogen-bond acceptors (Lipinski definition) is 5. The van der Waals surface area contributed by atoms with Gasteiger partial charge < -0.3 is 24.0 Å². The van der Waals surface area contributed by atoms with E-state index in [2.05, 4.69) is 30.4 Å². The quantitative estimate of drug-likeness (QED) is 0.524. The number of amides is 1. The second-order valence-electron chi connectivity index (χ2n) is 9.61. The van der Waals surface area contributed by atoms with Crippen LogP contribution in [0.1, 0.15) is 69.1 Å². The van der Waals surface area contributed by atoms with Gasteiger partial charge in [-0.25, -0.2) is 9.78 Å². The molecule has 1 aromatic heterocycles. The molecule has 2 aliphatic rings. The van der Waals surface area contributed by atoms with E-state index >= 15 is 0 Å². The molecule has 0 spiro atoms. The normalized spacial score (nSPS) is 18.3. The predicted octanol–water partition coefficient (Wildman–Crippen LogP) is 3.59. The summed E-state index contributed by atoms with van der Waals surface area (Å²) in [4.78, 5) is 19.7. The highest BCUT2D eigenvalue weighted by Gasteiger charge is 2.38. The maximum Gasteiger partial charge on any atom is 0.407 e. The Morgan fingerprint density at radius 3 is 2.41 bits per heavy atom. The molecule has 0 radical (unpaired) electrons. The van der Waals surface area contributed by atoms with Crippen molar-refractivity contribution >= 4 is 6.09 Å². The van der Waals surface area contributed by atoms with E-state index in [0.717, 1.165) is 71.6 Å². The molecule has 1 fully saturated rings. The minimum absolute atomic E-state index is 0.134. The SMILES string of the molecule is CCOCC1(COCC)CCC(c2c(CN(C)CCN(C)C(=O)O)nc3n2CCC3)CC1. The Morgan fingerprint density at radius 1 is 1.16 bits per heavy atom. The van der Waals surface area contributed by atoms with Crippen molar-refractivity contribution in [3.8, 4) is 0 Å². The van der Waals surface area contributed by atoms with E-state index in [1.54, 1.807) is 7.05 Å². The topological polar surface area (TPSA) is 80.1 Å². The molecule has 8 nitrogen and oxygen atoms in total. The number of imidazole rings is 1. The van der Waals surface area contributed by atoms with Crippen molar-refractivity contribution in [2.75, 3.05) is 53.6 Å². The van der Waals surface area contributed by atoms with E-state index in [1.807, 2.05) is 0 Å². The first-order valence-electron chi connectivity index (χ1n) is 12.3. The number of likely N-dealkylation sites (N-methyl/N-ethyl adjacent to an activating group) is 2. The Bertz CT molecular complexity index is 733. The Labute approximate surface area is 192 Å². The van der Waals surface area contributed by atoms with E-state index in [1.165, 1.54) is 28.5 Å². The molecule has 0 saturated heterocycles. The Morgan fingerprint density at radius 2 is 1.81 bits per heavy atom. The molecule has 0 aromatic carbocycles. The number of ether oxygens (including phenoxy) is 2. The van der Waals surface area contributed by atoms with Gasteiger partial charge in [0.05, 0.1) is 18.9 Å². The zero-order valence-corrected chi connectivity index (χ0v) is 20.4. The van der Waals surface area contributed by atoms with Gasteiger partial charge in [-0.15, -0.1) is 0 Å². The number of aromatic nitrogens is 2. The van der Waals surface area contributed by atoms with Crippen molar-refractivity contribution in [3.05, 3.63) is 17.2 Å². The van der Waals surface area contributed by atoms with Crippen molar-refractivity contribution in [1.82, 2.24) is 19.4 Å². The fraction of sp³-hybridized carbons (Fsp3) is 0.833. The van der Waals surface area contributed by atoms with Gasteiger partial charge in [0.25, 0.3) is 0 Å². The standard InChI is InChI=1S/C24H42N4O4/c1-5-31-17-24(18-32-6-2)11-9-19(10-12-24)22-20(25-21-8-7-13-28(21)22)16-26(3)14-15-27(4)23(29)30/h19H,5-18H2,1-4H3,(H,29,30). The molecule has 1 saturated carbocycles. The molecule has 0 unspecified atom stereocenters. The predicted molar refractivity (Wildman–Crippen MR) is 124 cm³/mol. The van der Waals surface area contributed by atoms with Gasteiger partial charge in [0.1, 0.15) is 5.82 Å². The summed E-state index contributed by atoms with van der Waals surface area (Å²) in [5.74, 6) is 1.75. The first-order chi connectivity index (χ1) is 15.4. The molecule has 0 atom stereocenters. The molecule has 1 aliphatic carbocycles. The number of aryl methyl sites for hydroxylation is 1. The largest absolute Gasteiger partial charge is 0.465 e. The Hall–Kier alpha value is -1.64. The van der Waals surface area contributed by atoms with E-state index < -0.39 is 6.09 Å². The first kappa shape index (κ1) is 25.0. The highest BCUT2D eigenvalue weighted by Crippen LogP contribution is 2.45. The van der Waals surface area contributed by atoms with Crippen LogP contribution >= 0.6 is 0 Å². The lowest BCUT2D eigenvalue weighted by Crippen LogP contribution is -2.37. The molecular weight excluding hydrogens is 408 g/mol. The third kappa shape index (κ3) is 6.02. The maximum absolute atomic E-state index is 11.1. The summed E-state index contributed by atoms with van der Waals surface area (Å²) in [6, 6.07) is 0. The van der Waals surface area contributed by atoms with Crippen LogP contribution < -0.4 is 0 Å². The van der Waals surface area contributed by atoms with E-state index in [-0.39, 0.29) is 5.41 Å². The summed E-state index contributed by atoms with van der Waals surface area (Å²) in [7, 11) is 3.67. The molecular formula is C24H42N4O4. The molecule has 2 heterocycles. The number of carboxylic acid groups (broad SMARTS) is 1. The van der Waals surface area contributed by atoms with Crippen LogP contribution in [0.5, 0.6) is 0 Å². The van der Waals surface area contributed by atoms with E-state index in [0.29, 0.717) is 19.0 Å². The highest BCUT2D eigenvalue weighted by atomic mass is 16.5. The fourth-order valence-electron chi connectivity index (χ4n) is 5.20. The summed E-state index contributed by atoms with van der Waals surface area (Å²) in [6.07, 6.45) is 5.88. The van der Waals surface area contributed by atoms with Crippen LogP contribution in [-0.2, 0) is 29.0 Å². The zero-order valence-electron chi connectivity index (χ0n) is 20.4. The number of carbonyl (C=O) groups is 1. The van der Waals surface area contributed by atoms with Crippen LogP contribution in [0.2, 0.25) is 0 Å². The van der Waals surface area contributed by atoms with Crippen molar-refractivity contribution in [3.63, 3.8) is 0 Å². The minimum atomic E-state index is -0.884. The third-order valence-corrected chi connectivity index (χ3v) is 7.17. The van der Waals surface area contributed by atoms with Gasteiger partial charge in [-0.1, -0.05) is 0 Å². The number of hydrogen-bond donors (Lipinski definition) is 1. The third-order valence-electron chi connectivity index (χ3n) is 7.17. The van der Waals surface area contributed by atoms with Crippen LogP contribution in [0.15, 0.2) is 0 Å². The summed E-state index contributed by atoms with van der Waals surface area (Å²) < 4.78 is 14.2. The first-order valence-corrected chi connectivity index (χ1v) is 12.3. The van der Waals surface area contributed by atoms with Gasteiger partial charge in [-0.2, -0.15) is 0 Å². The van der Waals surface area contributed by atoms with Crippen molar-refractivity contribution < 1.29 is 19.4 Å². The van der Waals surface area contributed by atoms with Crippen molar-refractivity contribution in [2.24, 2.45) is 5.41 Å². The van der Waals surface area contributed by atoms with Crippen LogP contribution in [0.25, 0.3) is 0 Å². The molecule has 8 heteroatoms. The summed E-state index contributed by atoms with van der Waals surface area (Å²) in [5, 5.41) is 9.10. The van der Waals surface area contributed by atoms with Crippen LogP contribution in [0.3, 0.4) is 0 Å². The van der Waals surface area contributed by atoms with Crippen molar-refractivity contribution in [2.45, 2.75) is 71.4 Å². The summed E-state index contributed by atoms with van der Waals surface area (Å²) in [5.41, 5.74) is 2.75. The number of rotatable bonds is 12. The number of nitrogens with zero attached hydrogens (tertiary/aromatic N) is 4. The van der Waals surface area contributed by atoms with E-state index in [4.69, 9.17) is 19.6 Å². The Kier molecular flexibility index (Phi) is 8.96. The molecule has 3 rings (SSSR count). The van der Waals surface area contributed by atoms with Gasteiger partial charge in [-0.3, -0.25) is 4.90 Å². The zero-order chi connectivity index (χ0) is 23.1. The van der Waals surface area contributed by atoms with Gasteiger partial charge in [0.15, 0.2) is 0 Å². The lowest BCUT2D eigenvalue weighted by molar-refractivity contribution is -0.0398. The molecule has 1 aromatic rings. The van der Waals surface area contributed by atoms with Gasteiger partial charge in [-0.05, 0) is 53.0 Å². The van der Waals surface area contributed by atoms with Crippen LogP contribution in [0.4, 0.5) is 4.79 Å². The summed E-state index contributed by atoms with van der Waals surface area (Å²) in [6.45, 7) is 10.2. The van der Waals surface area contributed by atoms with E-state index in [9.17, 15) is 4.79 Å². The second-order valence-corrected chi connectivity index (χ2v) is 9.61. The lowest BCUT2D eigenvalue weighted by atomic mass is 9.70. The maximum atomic E-state index is 11.1. The average Bonchev–Trinajstić information content (AvgIpc) is 3.36. The summed E-state index contributed by atoms with van der Waals surface area (Å²) >= 11 is 0. The highest BCUT2D eigenvalue weighted by molar-refractivity contribution is 5.64. The molecule has 1 amide bonds. The monoisotopic (exact) mass is 450 g/mol. The average molecular weight is 451 g/mol. The van der Waals surface area contributed by atoms with Gasteiger partial charge in [0.2, 0.25) is 0 Å². The molecule has 1 aliphatic heterocycles. The lowest BCUT2D eigenvalue weighted by Gasteiger charge is -2.40.